The SMILES string of the molecule is COc1ccc(-c2cc(C(=O)N3CCSCC3)[nH]n2)c(OC)c1. The summed E-state index contributed by atoms with van der Waals surface area (Å²) in [4.78, 5) is 14.4. The van der Waals surface area contributed by atoms with Gasteiger partial charge in [0.05, 0.1) is 19.9 Å². The first-order valence-corrected chi connectivity index (χ1v) is 8.53. The number of hydrogen-bond acceptors (Lipinski definition) is 5. The molecule has 0 unspecified atom stereocenters. The molecule has 2 heterocycles. The van der Waals surface area contributed by atoms with Crippen LogP contribution in [0.15, 0.2) is 24.3 Å². The molecule has 2 aromatic rings. The van der Waals surface area contributed by atoms with E-state index < -0.39 is 0 Å². The van der Waals surface area contributed by atoms with Crippen molar-refractivity contribution < 1.29 is 14.3 Å². The third-order valence-electron chi connectivity index (χ3n) is 3.79. The van der Waals surface area contributed by atoms with Gasteiger partial charge in [0.15, 0.2) is 0 Å². The average molecular weight is 333 g/mol. The van der Waals surface area contributed by atoms with Crippen LogP contribution in [0.3, 0.4) is 0 Å². The normalized spacial score (nSPS) is 14.6. The first-order valence-electron chi connectivity index (χ1n) is 7.37. The maximum absolute atomic E-state index is 12.5. The molecule has 1 amide bonds. The van der Waals surface area contributed by atoms with Crippen molar-refractivity contribution in [2.24, 2.45) is 0 Å². The van der Waals surface area contributed by atoms with Crippen molar-refractivity contribution in [2.75, 3.05) is 38.8 Å². The summed E-state index contributed by atoms with van der Waals surface area (Å²) in [5.41, 5.74) is 2.00. The van der Waals surface area contributed by atoms with Crippen LogP contribution in [0.4, 0.5) is 0 Å². The number of carbonyl (C=O) groups is 1. The van der Waals surface area contributed by atoms with Crippen molar-refractivity contribution in [1.82, 2.24) is 15.1 Å². The number of ether oxygens (including phenoxy) is 2. The largest absolute Gasteiger partial charge is 0.497 e. The number of hydrogen-bond donors (Lipinski definition) is 1. The predicted molar refractivity (Wildman–Crippen MR) is 90.4 cm³/mol. The van der Waals surface area contributed by atoms with Gasteiger partial charge < -0.3 is 14.4 Å². The molecule has 1 saturated heterocycles. The van der Waals surface area contributed by atoms with Gasteiger partial charge in [-0.05, 0) is 18.2 Å². The fraction of sp³-hybridized carbons (Fsp3) is 0.375. The van der Waals surface area contributed by atoms with Gasteiger partial charge in [-0.2, -0.15) is 16.9 Å². The minimum atomic E-state index is -0.00321. The van der Waals surface area contributed by atoms with Gasteiger partial charge in [0.25, 0.3) is 5.91 Å². The zero-order chi connectivity index (χ0) is 16.2. The summed E-state index contributed by atoms with van der Waals surface area (Å²) in [6.45, 7) is 1.56. The Labute approximate surface area is 139 Å². The second-order valence-corrected chi connectivity index (χ2v) is 6.36. The van der Waals surface area contributed by atoms with E-state index in [0.717, 1.165) is 30.2 Å². The number of methoxy groups -OCH3 is 2. The molecule has 1 aromatic carbocycles. The number of carbonyl (C=O) groups excluding carboxylic acids is 1. The number of benzene rings is 1. The van der Waals surface area contributed by atoms with Crippen LogP contribution >= 0.6 is 11.8 Å². The van der Waals surface area contributed by atoms with Crippen LogP contribution in [0.1, 0.15) is 10.5 Å². The summed E-state index contributed by atoms with van der Waals surface area (Å²) in [7, 11) is 3.21. The number of aromatic amines is 1. The van der Waals surface area contributed by atoms with E-state index in [9.17, 15) is 4.79 Å². The van der Waals surface area contributed by atoms with Crippen molar-refractivity contribution in [2.45, 2.75) is 0 Å². The minimum absolute atomic E-state index is 0.00321. The third kappa shape index (κ3) is 3.29. The number of rotatable bonds is 4. The second kappa shape index (κ2) is 6.95. The summed E-state index contributed by atoms with van der Waals surface area (Å²) in [5.74, 6) is 3.34. The lowest BCUT2D eigenvalue weighted by Gasteiger charge is -2.25. The Kier molecular flexibility index (Phi) is 4.76. The molecule has 1 aromatic heterocycles. The van der Waals surface area contributed by atoms with E-state index >= 15 is 0 Å². The number of aromatic nitrogens is 2. The molecular weight excluding hydrogens is 314 g/mol. The molecule has 6 nitrogen and oxygen atoms in total. The molecule has 0 atom stereocenters. The summed E-state index contributed by atoms with van der Waals surface area (Å²) in [5, 5.41) is 7.11. The molecule has 23 heavy (non-hydrogen) atoms. The number of thioether (sulfide) groups is 1. The highest BCUT2D eigenvalue weighted by atomic mass is 32.2. The first-order chi connectivity index (χ1) is 11.2. The first kappa shape index (κ1) is 15.7. The van der Waals surface area contributed by atoms with Crippen molar-refractivity contribution in [3.05, 3.63) is 30.0 Å². The molecule has 0 spiro atoms. The average Bonchev–Trinajstić information content (AvgIpc) is 3.11. The van der Waals surface area contributed by atoms with Gasteiger partial charge in [-0.3, -0.25) is 9.89 Å². The predicted octanol–water partition coefficient (Wildman–Crippen LogP) is 2.28. The summed E-state index contributed by atoms with van der Waals surface area (Å²) in [6.07, 6.45) is 0. The third-order valence-corrected chi connectivity index (χ3v) is 4.73. The van der Waals surface area contributed by atoms with Gasteiger partial charge in [0.1, 0.15) is 17.2 Å². The molecule has 0 aliphatic carbocycles. The minimum Gasteiger partial charge on any atom is -0.497 e. The Morgan fingerprint density at radius 3 is 2.70 bits per heavy atom. The molecule has 1 N–H and O–H groups in total. The molecule has 1 fully saturated rings. The molecule has 3 rings (SSSR count). The zero-order valence-electron chi connectivity index (χ0n) is 13.2. The van der Waals surface area contributed by atoms with E-state index in [1.54, 1.807) is 26.4 Å². The summed E-state index contributed by atoms with van der Waals surface area (Å²) < 4.78 is 10.6. The summed E-state index contributed by atoms with van der Waals surface area (Å²) >= 11 is 1.87. The Morgan fingerprint density at radius 2 is 2.00 bits per heavy atom. The van der Waals surface area contributed by atoms with E-state index in [4.69, 9.17) is 9.47 Å². The highest BCUT2D eigenvalue weighted by molar-refractivity contribution is 7.99. The lowest BCUT2D eigenvalue weighted by Crippen LogP contribution is -2.38. The van der Waals surface area contributed by atoms with Crippen LogP contribution in [-0.4, -0.2) is 59.8 Å². The number of nitrogens with zero attached hydrogens (tertiary/aromatic N) is 2. The monoisotopic (exact) mass is 333 g/mol. The Bertz CT molecular complexity index is 696. The lowest BCUT2D eigenvalue weighted by atomic mass is 10.1. The van der Waals surface area contributed by atoms with Crippen molar-refractivity contribution >= 4 is 17.7 Å². The van der Waals surface area contributed by atoms with Crippen molar-refractivity contribution in [3.8, 4) is 22.8 Å². The molecule has 122 valence electrons. The Balaban J connectivity index is 1.85. The van der Waals surface area contributed by atoms with Crippen molar-refractivity contribution in [3.63, 3.8) is 0 Å². The molecular formula is C16H19N3O3S. The fourth-order valence-electron chi connectivity index (χ4n) is 2.52. The van der Waals surface area contributed by atoms with Gasteiger partial charge in [0, 0.05) is 36.2 Å². The number of amides is 1. The van der Waals surface area contributed by atoms with E-state index in [1.165, 1.54) is 0 Å². The Morgan fingerprint density at radius 1 is 1.22 bits per heavy atom. The number of H-pyrrole nitrogens is 1. The topological polar surface area (TPSA) is 67.5 Å². The van der Waals surface area contributed by atoms with Crippen LogP contribution in [0, 0.1) is 0 Å². The second-order valence-electron chi connectivity index (χ2n) is 5.14. The van der Waals surface area contributed by atoms with Gasteiger partial charge in [0.2, 0.25) is 0 Å². The van der Waals surface area contributed by atoms with Gasteiger partial charge in [-0.1, -0.05) is 0 Å². The molecule has 0 radical (unpaired) electrons. The highest BCUT2D eigenvalue weighted by Gasteiger charge is 2.21. The molecule has 0 bridgehead atoms. The Hall–Kier alpha value is -2.15. The quantitative estimate of drug-likeness (QED) is 0.930. The number of nitrogens with one attached hydrogen (secondary N) is 1. The standard InChI is InChI=1S/C16H19N3O3S/c1-21-11-3-4-12(15(9-11)22-2)13-10-14(18-17-13)16(20)19-5-7-23-8-6-19/h3-4,9-10H,5-8H2,1-2H3,(H,17,18). The summed E-state index contributed by atoms with van der Waals surface area (Å²) in [6, 6.07) is 7.29. The molecule has 1 aliphatic rings. The fourth-order valence-corrected chi connectivity index (χ4v) is 3.42. The smallest absolute Gasteiger partial charge is 0.271 e. The van der Waals surface area contributed by atoms with Gasteiger partial charge in [-0.25, -0.2) is 0 Å². The van der Waals surface area contributed by atoms with Gasteiger partial charge >= 0.3 is 0 Å². The molecule has 0 saturated carbocycles. The van der Waals surface area contributed by atoms with E-state index in [0.29, 0.717) is 22.9 Å². The van der Waals surface area contributed by atoms with Crippen LogP contribution in [0.2, 0.25) is 0 Å². The van der Waals surface area contributed by atoms with E-state index in [2.05, 4.69) is 10.2 Å². The van der Waals surface area contributed by atoms with Crippen LogP contribution in [-0.2, 0) is 0 Å². The lowest BCUT2D eigenvalue weighted by molar-refractivity contribution is 0.0766. The van der Waals surface area contributed by atoms with E-state index in [-0.39, 0.29) is 5.91 Å². The van der Waals surface area contributed by atoms with Gasteiger partial charge in [-0.15, -0.1) is 0 Å². The van der Waals surface area contributed by atoms with Crippen LogP contribution in [0.5, 0.6) is 11.5 Å². The molecule has 7 heteroatoms. The zero-order valence-corrected chi connectivity index (χ0v) is 14.0. The highest BCUT2D eigenvalue weighted by Crippen LogP contribution is 2.32. The van der Waals surface area contributed by atoms with Crippen LogP contribution < -0.4 is 9.47 Å². The maximum Gasteiger partial charge on any atom is 0.271 e. The maximum atomic E-state index is 12.5. The van der Waals surface area contributed by atoms with Crippen molar-refractivity contribution in [1.29, 1.82) is 0 Å². The molecule has 1 aliphatic heterocycles. The van der Waals surface area contributed by atoms with Crippen LogP contribution in [0.25, 0.3) is 11.3 Å². The van der Waals surface area contributed by atoms with E-state index in [1.807, 2.05) is 28.8 Å².